The number of piperidine rings is 1. The Kier molecular flexibility index (Phi) is 4.42. The van der Waals surface area contributed by atoms with Gasteiger partial charge in [-0.3, -0.25) is 14.4 Å². The Balaban J connectivity index is 2.13. The van der Waals surface area contributed by atoms with E-state index in [0.29, 0.717) is 30.8 Å². The Bertz CT molecular complexity index is 576. The molecule has 1 aromatic rings. The van der Waals surface area contributed by atoms with Gasteiger partial charge in [0, 0.05) is 18.5 Å². The molecule has 112 valence electrons. The number of hydrogen-bond acceptors (Lipinski definition) is 4. The highest BCUT2D eigenvalue weighted by atomic mass is 16.5. The molecule has 7 heteroatoms. The van der Waals surface area contributed by atoms with Crippen molar-refractivity contribution in [3.05, 3.63) is 23.8 Å². The second kappa shape index (κ2) is 6.25. The minimum Gasteiger partial charge on any atom is -0.495 e. The lowest BCUT2D eigenvalue weighted by Gasteiger charge is -2.22. The molecule has 1 heterocycles. The number of rotatable bonds is 4. The fraction of sp³-hybridized carbons (Fsp3) is 0.357. The summed E-state index contributed by atoms with van der Waals surface area (Å²) in [6.07, 6.45) is 0.825. The van der Waals surface area contributed by atoms with Crippen LogP contribution in [-0.2, 0) is 9.59 Å². The lowest BCUT2D eigenvalue weighted by atomic mass is 9.98. The molecule has 1 fully saturated rings. The summed E-state index contributed by atoms with van der Waals surface area (Å²) in [5.41, 5.74) is 5.89. The SMILES string of the molecule is COc1ccc(C(N)=O)cc1NC(=O)C1CCC(=O)NC1. The number of methoxy groups -OCH3 is 1. The van der Waals surface area contributed by atoms with Crippen LogP contribution in [0.25, 0.3) is 0 Å². The molecule has 1 aliphatic rings. The minimum atomic E-state index is -0.585. The van der Waals surface area contributed by atoms with E-state index >= 15 is 0 Å². The Morgan fingerprint density at radius 3 is 2.76 bits per heavy atom. The maximum atomic E-state index is 12.2. The van der Waals surface area contributed by atoms with Gasteiger partial charge in [0.25, 0.3) is 0 Å². The van der Waals surface area contributed by atoms with Gasteiger partial charge in [-0.2, -0.15) is 0 Å². The van der Waals surface area contributed by atoms with Crippen LogP contribution < -0.4 is 21.1 Å². The van der Waals surface area contributed by atoms with Crippen molar-refractivity contribution in [1.82, 2.24) is 5.32 Å². The van der Waals surface area contributed by atoms with Crippen LogP contribution in [0.5, 0.6) is 5.75 Å². The summed E-state index contributed by atoms with van der Waals surface area (Å²) in [6.45, 7) is 0.308. The maximum Gasteiger partial charge on any atom is 0.248 e. The van der Waals surface area contributed by atoms with Gasteiger partial charge in [0.15, 0.2) is 0 Å². The number of benzene rings is 1. The molecule has 0 radical (unpaired) electrons. The number of anilines is 1. The van der Waals surface area contributed by atoms with Crippen molar-refractivity contribution in [2.24, 2.45) is 11.7 Å². The summed E-state index contributed by atoms with van der Waals surface area (Å²) in [7, 11) is 1.47. The van der Waals surface area contributed by atoms with Gasteiger partial charge in [-0.15, -0.1) is 0 Å². The lowest BCUT2D eigenvalue weighted by molar-refractivity contribution is -0.126. The first-order chi connectivity index (χ1) is 10.0. The normalized spacial score (nSPS) is 17.8. The van der Waals surface area contributed by atoms with Gasteiger partial charge in [0.05, 0.1) is 18.7 Å². The third-order valence-corrected chi connectivity index (χ3v) is 3.38. The fourth-order valence-corrected chi connectivity index (χ4v) is 2.15. The van der Waals surface area contributed by atoms with Gasteiger partial charge < -0.3 is 21.1 Å². The minimum absolute atomic E-state index is 0.0487. The van der Waals surface area contributed by atoms with E-state index in [1.54, 1.807) is 6.07 Å². The molecular formula is C14H17N3O4. The van der Waals surface area contributed by atoms with Crippen molar-refractivity contribution in [2.45, 2.75) is 12.8 Å². The zero-order valence-corrected chi connectivity index (χ0v) is 11.6. The Morgan fingerprint density at radius 2 is 2.19 bits per heavy atom. The van der Waals surface area contributed by atoms with E-state index in [4.69, 9.17) is 10.5 Å². The molecule has 21 heavy (non-hydrogen) atoms. The van der Waals surface area contributed by atoms with Crippen molar-refractivity contribution >= 4 is 23.4 Å². The molecule has 0 aliphatic carbocycles. The summed E-state index contributed by atoms with van der Waals surface area (Å²) < 4.78 is 5.15. The first-order valence-corrected chi connectivity index (χ1v) is 6.56. The van der Waals surface area contributed by atoms with Crippen LogP contribution in [0, 0.1) is 5.92 Å². The molecule has 0 bridgehead atoms. The number of nitrogens with one attached hydrogen (secondary N) is 2. The van der Waals surface area contributed by atoms with Gasteiger partial charge in [0.2, 0.25) is 17.7 Å². The number of primary amides is 1. The average molecular weight is 291 g/mol. The Morgan fingerprint density at radius 1 is 1.43 bits per heavy atom. The van der Waals surface area contributed by atoms with Crippen LogP contribution in [-0.4, -0.2) is 31.4 Å². The van der Waals surface area contributed by atoms with Crippen LogP contribution in [0.1, 0.15) is 23.2 Å². The second-order valence-corrected chi connectivity index (χ2v) is 4.81. The average Bonchev–Trinajstić information content (AvgIpc) is 2.47. The highest BCUT2D eigenvalue weighted by Gasteiger charge is 2.25. The van der Waals surface area contributed by atoms with Gasteiger partial charge >= 0.3 is 0 Å². The fourth-order valence-electron chi connectivity index (χ4n) is 2.15. The standard InChI is InChI=1S/C14H17N3O4/c1-21-11-4-2-8(13(15)19)6-10(11)17-14(20)9-3-5-12(18)16-7-9/h2,4,6,9H,3,5,7H2,1H3,(H2,15,19)(H,16,18)(H,17,20). The number of amides is 3. The van der Waals surface area contributed by atoms with Crippen LogP contribution in [0.4, 0.5) is 5.69 Å². The van der Waals surface area contributed by atoms with E-state index in [1.807, 2.05) is 0 Å². The smallest absolute Gasteiger partial charge is 0.248 e. The lowest BCUT2D eigenvalue weighted by Crippen LogP contribution is -2.40. The molecule has 0 spiro atoms. The predicted octanol–water partition coefficient (Wildman–Crippen LogP) is 0.259. The molecule has 1 unspecified atom stereocenters. The molecule has 0 saturated carbocycles. The Labute approximate surface area is 121 Å². The predicted molar refractivity (Wildman–Crippen MR) is 75.9 cm³/mol. The topological polar surface area (TPSA) is 111 Å². The van der Waals surface area contributed by atoms with E-state index in [9.17, 15) is 14.4 Å². The monoisotopic (exact) mass is 291 g/mol. The third-order valence-electron chi connectivity index (χ3n) is 3.38. The van der Waals surface area contributed by atoms with E-state index in [1.165, 1.54) is 19.2 Å². The molecule has 2 rings (SSSR count). The first-order valence-electron chi connectivity index (χ1n) is 6.56. The van der Waals surface area contributed by atoms with Crippen LogP contribution in [0.2, 0.25) is 0 Å². The van der Waals surface area contributed by atoms with Crippen molar-refractivity contribution < 1.29 is 19.1 Å². The van der Waals surface area contributed by atoms with Crippen molar-refractivity contribution in [3.63, 3.8) is 0 Å². The van der Waals surface area contributed by atoms with Gasteiger partial charge in [-0.1, -0.05) is 0 Å². The molecule has 7 nitrogen and oxygen atoms in total. The molecule has 0 aromatic heterocycles. The van der Waals surface area contributed by atoms with Crippen LogP contribution >= 0.6 is 0 Å². The Hall–Kier alpha value is -2.57. The number of nitrogens with two attached hydrogens (primary N) is 1. The highest BCUT2D eigenvalue weighted by molar-refractivity contribution is 5.98. The molecule has 1 aromatic carbocycles. The number of carbonyl (C=O) groups is 3. The zero-order valence-electron chi connectivity index (χ0n) is 11.6. The summed E-state index contributed by atoms with van der Waals surface area (Å²) >= 11 is 0. The second-order valence-electron chi connectivity index (χ2n) is 4.81. The molecule has 1 saturated heterocycles. The zero-order chi connectivity index (χ0) is 15.4. The number of ether oxygens (including phenoxy) is 1. The van der Waals surface area contributed by atoms with E-state index < -0.39 is 5.91 Å². The summed E-state index contributed by atoms with van der Waals surface area (Å²) in [5.74, 6) is -0.724. The van der Waals surface area contributed by atoms with Crippen molar-refractivity contribution in [1.29, 1.82) is 0 Å². The summed E-state index contributed by atoms with van der Waals surface area (Å²) in [5, 5.41) is 5.37. The molecular weight excluding hydrogens is 274 g/mol. The van der Waals surface area contributed by atoms with Gasteiger partial charge in [0.1, 0.15) is 5.75 Å². The van der Waals surface area contributed by atoms with E-state index in [0.717, 1.165) is 0 Å². The first kappa shape index (κ1) is 14.8. The van der Waals surface area contributed by atoms with Crippen molar-refractivity contribution in [3.8, 4) is 5.75 Å². The van der Waals surface area contributed by atoms with Crippen LogP contribution in [0.15, 0.2) is 18.2 Å². The highest BCUT2D eigenvalue weighted by Crippen LogP contribution is 2.26. The third kappa shape index (κ3) is 3.50. The van der Waals surface area contributed by atoms with E-state index in [2.05, 4.69) is 10.6 Å². The molecule has 3 amide bonds. The number of carbonyl (C=O) groups excluding carboxylic acids is 3. The maximum absolute atomic E-state index is 12.2. The summed E-state index contributed by atoms with van der Waals surface area (Å²) in [6, 6.07) is 4.57. The quantitative estimate of drug-likeness (QED) is 0.738. The van der Waals surface area contributed by atoms with E-state index in [-0.39, 0.29) is 23.3 Å². The molecule has 1 aliphatic heterocycles. The molecule has 1 atom stereocenters. The largest absolute Gasteiger partial charge is 0.495 e. The number of hydrogen-bond donors (Lipinski definition) is 3. The molecule has 4 N–H and O–H groups in total. The van der Waals surface area contributed by atoms with Gasteiger partial charge in [-0.05, 0) is 24.6 Å². The van der Waals surface area contributed by atoms with Crippen LogP contribution in [0.3, 0.4) is 0 Å². The van der Waals surface area contributed by atoms with Gasteiger partial charge in [-0.25, -0.2) is 0 Å². The summed E-state index contributed by atoms with van der Waals surface area (Å²) in [4.78, 5) is 34.5. The van der Waals surface area contributed by atoms with Crippen molar-refractivity contribution in [2.75, 3.05) is 19.0 Å².